The highest BCUT2D eigenvalue weighted by Crippen LogP contribution is 2.20. The Labute approximate surface area is 180 Å². The van der Waals surface area contributed by atoms with Crippen molar-refractivity contribution in [3.8, 4) is 0 Å². The maximum Gasteiger partial charge on any atom is 0.500 e. The highest BCUT2D eigenvalue weighted by atomic mass is 28.5. The summed E-state index contributed by atoms with van der Waals surface area (Å²) in [4.78, 5) is 0. The summed E-state index contributed by atoms with van der Waals surface area (Å²) in [5.41, 5.74) is 0. The molecule has 0 bridgehead atoms. The van der Waals surface area contributed by atoms with Crippen LogP contribution in [0, 0.1) is 0 Å². The zero-order valence-electron chi connectivity index (χ0n) is 21.0. The molecule has 0 heterocycles. The van der Waals surface area contributed by atoms with Gasteiger partial charge in [-0.3, -0.25) is 0 Å². The lowest BCUT2D eigenvalue weighted by Gasteiger charge is -2.35. The van der Waals surface area contributed by atoms with E-state index in [2.05, 4.69) is 59.3 Å². The van der Waals surface area contributed by atoms with Gasteiger partial charge in [0.15, 0.2) is 16.6 Å². The zero-order valence-corrected chi connectivity index (χ0v) is 25.0. The zero-order chi connectivity index (χ0) is 22.5. The lowest BCUT2D eigenvalue weighted by Crippen LogP contribution is -2.50. The molecule has 0 aromatic carbocycles. The number of unbranched alkanes of at least 4 members (excludes halogenated alkanes) is 5. The molecule has 0 rings (SSSR count). The molecule has 0 fully saturated rings. The van der Waals surface area contributed by atoms with Crippen molar-refractivity contribution in [2.24, 2.45) is 0 Å². The van der Waals surface area contributed by atoms with Crippen LogP contribution in [0.15, 0.2) is 0 Å². The van der Waals surface area contributed by atoms with E-state index >= 15 is 0 Å². The van der Waals surface area contributed by atoms with Gasteiger partial charge in [0.05, 0.1) is 0 Å². The quantitative estimate of drug-likeness (QED) is 0.211. The van der Waals surface area contributed by atoms with E-state index in [4.69, 9.17) is 21.5 Å². The van der Waals surface area contributed by atoms with Gasteiger partial charge in [0, 0.05) is 27.4 Å². The van der Waals surface area contributed by atoms with Crippen molar-refractivity contribution in [1.82, 2.24) is 0 Å². The van der Waals surface area contributed by atoms with Gasteiger partial charge in [-0.2, -0.15) is 0 Å². The van der Waals surface area contributed by atoms with Gasteiger partial charge < -0.3 is 21.5 Å². The third-order valence-corrected chi connectivity index (χ3v) is 15.5. The molecule has 0 aliphatic carbocycles. The van der Waals surface area contributed by atoms with Crippen molar-refractivity contribution in [2.45, 2.75) is 104 Å². The van der Waals surface area contributed by atoms with E-state index in [-0.39, 0.29) is 0 Å². The average molecular weight is 471 g/mol. The van der Waals surface area contributed by atoms with Crippen LogP contribution in [-0.2, 0) is 21.5 Å². The Balaban J connectivity index is 0. The van der Waals surface area contributed by atoms with E-state index in [0.29, 0.717) is 0 Å². The van der Waals surface area contributed by atoms with E-state index < -0.39 is 34.0 Å². The van der Waals surface area contributed by atoms with Crippen molar-refractivity contribution in [2.75, 3.05) is 21.3 Å². The molecule has 0 aromatic rings. The summed E-state index contributed by atoms with van der Waals surface area (Å²) in [7, 11) is -1.97. The van der Waals surface area contributed by atoms with Gasteiger partial charge in [0.2, 0.25) is 0 Å². The number of hydrogen-bond donors (Lipinski definition) is 0. The Kier molecular flexibility index (Phi) is 16.1. The van der Waals surface area contributed by atoms with Crippen molar-refractivity contribution in [3.63, 3.8) is 0 Å². The number of hydrogen-bond acceptors (Lipinski definition) is 5. The van der Waals surface area contributed by atoms with Gasteiger partial charge >= 0.3 is 17.4 Å². The second-order valence-electron chi connectivity index (χ2n) is 9.64. The molecule has 28 heavy (non-hydrogen) atoms. The Morgan fingerprint density at radius 2 is 0.893 bits per heavy atom. The molecule has 0 unspecified atom stereocenters. The third-order valence-electron chi connectivity index (χ3n) is 3.87. The molecule has 0 saturated carbocycles. The first-order valence-electron chi connectivity index (χ1n) is 10.7. The summed E-state index contributed by atoms with van der Waals surface area (Å²) in [6.45, 7) is 19.9. The Hall–Kier alpha value is 0.668. The normalized spacial score (nSPS) is 13.3. The van der Waals surface area contributed by atoms with Gasteiger partial charge in [-0.25, -0.2) is 0 Å². The minimum Gasteiger partial charge on any atom is -0.437 e. The van der Waals surface area contributed by atoms with Crippen LogP contribution < -0.4 is 0 Å². The molecule has 0 radical (unpaired) electrons. The number of rotatable bonds is 14. The fourth-order valence-corrected chi connectivity index (χ4v) is 17.3. The molecule has 172 valence electrons. The molecule has 9 heteroatoms. The summed E-state index contributed by atoms with van der Waals surface area (Å²) >= 11 is 0. The summed E-state index contributed by atoms with van der Waals surface area (Å²) < 4.78 is 28.3. The monoisotopic (exact) mass is 470 g/mol. The van der Waals surface area contributed by atoms with E-state index in [9.17, 15) is 0 Å². The van der Waals surface area contributed by atoms with Gasteiger partial charge in [0.1, 0.15) is 0 Å². The predicted octanol–water partition coefficient (Wildman–Crippen LogP) is 6.62. The van der Waals surface area contributed by atoms with Crippen LogP contribution in [0.4, 0.5) is 0 Å². The van der Waals surface area contributed by atoms with Crippen LogP contribution in [0.25, 0.3) is 0 Å². The molecule has 0 N–H and O–H groups in total. The van der Waals surface area contributed by atoms with Crippen LogP contribution in [0.3, 0.4) is 0 Å². The molecule has 0 saturated heterocycles. The van der Waals surface area contributed by atoms with Gasteiger partial charge in [0.25, 0.3) is 0 Å². The highest BCUT2D eigenvalue weighted by Gasteiger charge is 2.37. The minimum absolute atomic E-state index is 0.933. The van der Waals surface area contributed by atoms with E-state index in [1.807, 2.05) is 0 Å². The van der Waals surface area contributed by atoms with E-state index in [1.165, 1.54) is 32.1 Å². The van der Waals surface area contributed by atoms with Crippen molar-refractivity contribution < 1.29 is 21.5 Å². The first-order valence-corrected chi connectivity index (χ1v) is 22.3. The fourth-order valence-electron chi connectivity index (χ4n) is 3.17. The first kappa shape index (κ1) is 30.9. The molecule has 0 amide bonds. The molecular weight excluding hydrogens is 421 g/mol. The third kappa shape index (κ3) is 18.7. The highest BCUT2D eigenvalue weighted by molar-refractivity contribution is 6.87. The minimum atomic E-state index is -2.29. The smallest absolute Gasteiger partial charge is 0.437 e. The summed E-state index contributed by atoms with van der Waals surface area (Å²) in [5, 5.41) is 0. The molecule has 0 atom stereocenters. The Morgan fingerprint density at radius 3 is 1.21 bits per heavy atom. The second-order valence-corrected chi connectivity index (χ2v) is 25.6. The predicted molar refractivity (Wildman–Crippen MR) is 131 cm³/mol. The molecule has 5 nitrogen and oxygen atoms in total. The topological polar surface area (TPSA) is 46.2 Å². The Morgan fingerprint density at radius 1 is 0.536 bits per heavy atom. The van der Waals surface area contributed by atoms with Gasteiger partial charge in [-0.15, -0.1) is 0 Å². The Bertz CT molecular complexity index is 351. The first-order chi connectivity index (χ1) is 12.7. The molecule has 0 aromatic heterocycles. The summed E-state index contributed by atoms with van der Waals surface area (Å²) in [5.74, 6) is 0. The van der Waals surface area contributed by atoms with Crippen molar-refractivity contribution >= 4 is 34.0 Å². The average Bonchev–Trinajstić information content (AvgIpc) is 2.51. The van der Waals surface area contributed by atoms with Crippen LogP contribution >= 0.6 is 0 Å². The fraction of sp³-hybridized carbons (Fsp3) is 1.00. The maximum atomic E-state index is 6.09. The SMILES string of the molecule is CCCCCCCC[Si](OC)(OC)OC.C[Si](C)(C)O[Si](C)(C)O[Si](C)(C)C. The van der Waals surface area contributed by atoms with Crippen molar-refractivity contribution in [1.29, 1.82) is 0 Å². The molecular formula is C19H50O5Si4. The molecule has 0 aliphatic heterocycles. The van der Waals surface area contributed by atoms with Crippen LogP contribution in [-0.4, -0.2) is 55.3 Å². The lowest BCUT2D eigenvalue weighted by atomic mass is 10.1. The lowest BCUT2D eigenvalue weighted by molar-refractivity contribution is 0.122. The van der Waals surface area contributed by atoms with Crippen molar-refractivity contribution in [3.05, 3.63) is 0 Å². The molecule has 0 aliphatic rings. The summed E-state index contributed by atoms with van der Waals surface area (Å²) in [6, 6.07) is 0.933. The maximum absolute atomic E-state index is 6.09. The standard InChI is InChI=1S/C11H26O3Si.C8H24O2Si3/c1-5-6-7-8-9-10-11-15(12-2,13-3)14-4;1-11(2,3)9-13(7,8)10-12(4,5)6/h5-11H2,1-4H3;1-8H3. The molecule has 0 spiro atoms. The van der Waals surface area contributed by atoms with Gasteiger partial charge in [-0.05, 0) is 58.8 Å². The van der Waals surface area contributed by atoms with Crippen LogP contribution in [0.2, 0.25) is 58.4 Å². The van der Waals surface area contributed by atoms with E-state index in [1.54, 1.807) is 21.3 Å². The van der Waals surface area contributed by atoms with E-state index in [0.717, 1.165) is 12.5 Å². The van der Waals surface area contributed by atoms with Gasteiger partial charge in [-0.1, -0.05) is 39.0 Å². The van der Waals surface area contributed by atoms with Crippen LogP contribution in [0.5, 0.6) is 0 Å². The van der Waals surface area contributed by atoms with Crippen LogP contribution in [0.1, 0.15) is 45.4 Å². The second kappa shape index (κ2) is 14.6. The largest absolute Gasteiger partial charge is 0.500 e. The summed E-state index contributed by atoms with van der Waals surface area (Å²) in [6.07, 6.45) is 7.71.